The molecule has 5 heterocycles. The SMILES string of the molecule is CCN1C(=O)OC2(CCCN(C3CCN(C(=O)c4cc(-c5ccccn5)sc4NC(=O)O)CC3)C2)C1=O. The zero-order chi connectivity index (χ0) is 26.2. The fourth-order valence-corrected chi connectivity index (χ4v) is 6.49. The fraction of sp³-hybridized carbons (Fsp3) is 0.480. The van der Waals surface area contributed by atoms with Crippen molar-refractivity contribution < 1.29 is 29.0 Å². The lowest BCUT2D eigenvalue weighted by Crippen LogP contribution is -2.57. The van der Waals surface area contributed by atoms with Crippen LogP contribution in [0.15, 0.2) is 30.5 Å². The molecule has 37 heavy (non-hydrogen) atoms. The van der Waals surface area contributed by atoms with Gasteiger partial charge in [-0.25, -0.2) is 14.5 Å². The summed E-state index contributed by atoms with van der Waals surface area (Å²) in [5.74, 6) is -0.480. The van der Waals surface area contributed by atoms with Gasteiger partial charge in [-0.15, -0.1) is 11.3 Å². The van der Waals surface area contributed by atoms with E-state index < -0.39 is 17.8 Å². The number of likely N-dealkylation sites (tertiary alicyclic amines) is 2. The number of amides is 4. The van der Waals surface area contributed by atoms with Crippen molar-refractivity contribution in [1.29, 1.82) is 0 Å². The lowest BCUT2D eigenvalue weighted by molar-refractivity contribution is -0.142. The van der Waals surface area contributed by atoms with E-state index in [-0.39, 0.29) is 22.9 Å². The second-order valence-corrected chi connectivity index (χ2v) is 10.6. The van der Waals surface area contributed by atoms with E-state index in [2.05, 4.69) is 15.2 Å². The molecule has 0 radical (unpaired) electrons. The third-order valence-electron chi connectivity index (χ3n) is 7.31. The van der Waals surface area contributed by atoms with E-state index in [9.17, 15) is 24.3 Å². The van der Waals surface area contributed by atoms with Crippen LogP contribution in [0.3, 0.4) is 0 Å². The molecule has 0 aliphatic carbocycles. The van der Waals surface area contributed by atoms with Crippen LogP contribution >= 0.6 is 11.3 Å². The fourth-order valence-electron chi connectivity index (χ4n) is 5.47. The standard InChI is InChI=1S/C25H29N5O6S/c1-2-30-22(32)25(36-24(30)35)9-5-11-29(15-25)16-7-12-28(13-8-16)21(31)17-14-19(18-6-3-4-10-26-18)37-20(17)27-23(33)34/h3-4,6,10,14,16,27H,2,5,7-9,11-13,15H2,1H3,(H,33,34). The van der Waals surface area contributed by atoms with Gasteiger partial charge in [0.05, 0.1) is 16.1 Å². The molecule has 0 bridgehead atoms. The van der Waals surface area contributed by atoms with Crippen LogP contribution in [0.2, 0.25) is 0 Å². The van der Waals surface area contributed by atoms with Gasteiger partial charge in [-0.2, -0.15) is 0 Å². The molecule has 0 saturated carbocycles. The van der Waals surface area contributed by atoms with Gasteiger partial charge in [0.2, 0.25) is 5.60 Å². The van der Waals surface area contributed by atoms with Crippen molar-refractivity contribution in [3.63, 3.8) is 0 Å². The van der Waals surface area contributed by atoms with Gasteiger partial charge in [0.1, 0.15) is 5.00 Å². The first kappa shape index (κ1) is 25.2. The molecule has 11 nitrogen and oxygen atoms in total. The van der Waals surface area contributed by atoms with Crippen molar-refractivity contribution in [3.8, 4) is 10.6 Å². The third kappa shape index (κ3) is 4.78. The second-order valence-electron chi connectivity index (χ2n) is 9.51. The first-order valence-electron chi connectivity index (χ1n) is 12.4. The summed E-state index contributed by atoms with van der Waals surface area (Å²) >= 11 is 1.18. The predicted octanol–water partition coefficient (Wildman–Crippen LogP) is 3.34. The number of pyridine rings is 1. The van der Waals surface area contributed by atoms with E-state index >= 15 is 0 Å². The number of nitrogens with one attached hydrogen (secondary N) is 1. The molecule has 196 valence electrons. The molecule has 3 aliphatic heterocycles. The number of hydrogen-bond donors (Lipinski definition) is 2. The topological polar surface area (TPSA) is 132 Å². The largest absolute Gasteiger partial charge is 0.465 e. The van der Waals surface area contributed by atoms with Crippen molar-refractivity contribution in [2.45, 2.75) is 44.2 Å². The van der Waals surface area contributed by atoms with Gasteiger partial charge in [0, 0.05) is 38.4 Å². The van der Waals surface area contributed by atoms with Gasteiger partial charge in [0.25, 0.3) is 11.8 Å². The Hall–Kier alpha value is -3.51. The number of thiophene rings is 1. The second kappa shape index (κ2) is 10.1. The van der Waals surface area contributed by atoms with Crippen LogP contribution < -0.4 is 5.32 Å². The zero-order valence-electron chi connectivity index (χ0n) is 20.5. The number of imide groups is 1. The number of aromatic nitrogens is 1. The quantitative estimate of drug-likeness (QED) is 0.605. The highest BCUT2D eigenvalue weighted by Crippen LogP contribution is 2.37. The Kier molecular flexibility index (Phi) is 6.86. The smallest absolute Gasteiger partial charge is 0.417 e. The predicted molar refractivity (Wildman–Crippen MR) is 136 cm³/mol. The highest BCUT2D eigenvalue weighted by molar-refractivity contribution is 7.20. The molecule has 4 amide bonds. The van der Waals surface area contributed by atoms with Crippen molar-refractivity contribution >= 4 is 40.3 Å². The summed E-state index contributed by atoms with van der Waals surface area (Å²) in [5, 5.41) is 11.9. The molecule has 3 saturated heterocycles. The Labute approximate surface area is 218 Å². The van der Waals surface area contributed by atoms with Crippen molar-refractivity contribution in [2.24, 2.45) is 0 Å². The third-order valence-corrected chi connectivity index (χ3v) is 8.38. The van der Waals surface area contributed by atoms with Crippen molar-refractivity contribution in [2.75, 3.05) is 38.0 Å². The maximum atomic E-state index is 13.4. The van der Waals surface area contributed by atoms with E-state index in [4.69, 9.17) is 4.74 Å². The first-order chi connectivity index (χ1) is 17.8. The summed E-state index contributed by atoms with van der Waals surface area (Å²) < 4.78 is 5.60. The number of carbonyl (C=O) groups excluding carboxylic acids is 3. The van der Waals surface area contributed by atoms with Crippen LogP contribution in [0.5, 0.6) is 0 Å². The zero-order valence-corrected chi connectivity index (χ0v) is 21.3. The van der Waals surface area contributed by atoms with Crippen LogP contribution in [0, 0.1) is 0 Å². The molecule has 2 aromatic heterocycles. The van der Waals surface area contributed by atoms with E-state index in [0.717, 1.165) is 13.0 Å². The molecular weight excluding hydrogens is 498 g/mol. The minimum atomic E-state index is -1.23. The maximum Gasteiger partial charge on any atom is 0.417 e. The first-order valence-corrected chi connectivity index (χ1v) is 13.3. The Bertz CT molecular complexity index is 1210. The van der Waals surface area contributed by atoms with Crippen LogP contribution in [-0.4, -0.2) is 93.2 Å². The number of hydrogen-bond acceptors (Lipinski definition) is 8. The number of anilines is 1. The average molecular weight is 528 g/mol. The van der Waals surface area contributed by atoms with Gasteiger partial charge in [-0.1, -0.05) is 6.07 Å². The Morgan fingerprint density at radius 1 is 1.24 bits per heavy atom. The monoisotopic (exact) mass is 527 g/mol. The molecule has 5 rings (SSSR count). The molecule has 3 fully saturated rings. The van der Waals surface area contributed by atoms with E-state index in [0.29, 0.717) is 61.6 Å². The number of rotatable bonds is 5. The van der Waals surface area contributed by atoms with Crippen LogP contribution in [0.4, 0.5) is 14.6 Å². The molecule has 3 aliphatic rings. The van der Waals surface area contributed by atoms with E-state index in [1.54, 1.807) is 30.2 Å². The summed E-state index contributed by atoms with van der Waals surface area (Å²) in [5.41, 5.74) is -0.123. The number of carboxylic acid groups (broad SMARTS) is 1. The molecule has 12 heteroatoms. The van der Waals surface area contributed by atoms with Crippen molar-refractivity contribution in [3.05, 3.63) is 36.0 Å². The van der Waals surface area contributed by atoms with Gasteiger partial charge in [-0.05, 0) is 57.4 Å². The van der Waals surface area contributed by atoms with E-state index in [1.165, 1.54) is 16.2 Å². The van der Waals surface area contributed by atoms with Crippen molar-refractivity contribution in [1.82, 2.24) is 19.7 Å². The summed E-state index contributed by atoms with van der Waals surface area (Å²) in [7, 11) is 0. The van der Waals surface area contributed by atoms with E-state index in [1.807, 2.05) is 12.1 Å². The number of carbonyl (C=O) groups is 4. The molecule has 1 unspecified atom stereocenters. The van der Waals surface area contributed by atoms with Gasteiger partial charge in [0.15, 0.2) is 0 Å². The molecular formula is C25H29N5O6S. The normalized spacial score (nSPS) is 22.9. The molecule has 1 spiro atoms. The lowest BCUT2D eigenvalue weighted by atomic mass is 9.89. The number of ether oxygens (including phenoxy) is 1. The molecule has 1 atom stereocenters. The summed E-state index contributed by atoms with van der Waals surface area (Å²) in [6, 6.07) is 7.30. The van der Waals surface area contributed by atoms with Gasteiger partial charge < -0.3 is 14.7 Å². The number of piperidine rings is 2. The van der Waals surface area contributed by atoms with Crippen LogP contribution in [0.1, 0.15) is 43.0 Å². The summed E-state index contributed by atoms with van der Waals surface area (Å²) in [4.78, 5) is 60.1. The Morgan fingerprint density at radius 2 is 2.03 bits per heavy atom. The molecule has 0 aromatic carbocycles. The molecule has 2 aromatic rings. The van der Waals surface area contributed by atoms with Crippen LogP contribution in [0.25, 0.3) is 10.6 Å². The van der Waals surface area contributed by atoms with Gasteiger partial charge in [-0.3, -0.25) is 24.8 Å². The minimum absolute atomic E-state index is 0.159. The van der Waals surface area contributed by atoms with Crippen LogP contribution in [-0.2, 0) is 9.53 Å². The summed E-state index contributed by atoms with van der Waals surface area (Å²) in [6.07, 6.45) is 2.55. The summed E-state index contributed by atoms with van der Waals surface area (Å²) in [6.45, 7) is 4.24. The maximum absolute atomic E-state index is 13.4. The number of likely N-dealkylation sites (N-methyl/N-ethyl adjacent to an activating group) is 1. The Morgan fingerprint density at radius 3 is 2.68 bits per heavy atom. The lowest BCUT2D eigenvalue weighted by Gasteiger charge is -2.44. The number of nitrogens with zero attached hydrogens (tertiary/aromatic N) is 4. The Balaban J connectivity index is 1.26. The highest BCUT2D eigenvalue weighted by atomic mass is 32.1. The highest BCUT2D eigenvalue weighted by Gasteiger charge is 2.55. The average Bonchev–Trinajstić information content (AvgIpc) is 3.41. The molecule has 2 N–H and O–H groups in total. The van der Waals surface area contributed by atoms with Gasteiger partial charge >= 0.3 is 12.2 Å². The minimum Gasteiger partial charge on any atom is -0.465 e.